The van der Waals surface area contributed by atoms with Crippen LogP contribution in [0.2, 0.25) is 0 Å². The van der Waals surface area contributed by atoms with Gasteiger partial charge in [0.05, 0.1) is 6.26 Å². The van der Waals surface area contributed by atoms with E-state index in [4.69, 9.17) is 9.41 Å². The van der Waals surface area contributed by atoms with E-state index < -0.39 is 0 Å². The Morgan fingerprint density at radius 1 is 1.14 bits per heavy atom. The summed E-state index contributed by atoms with van der Waals surface area (Å²) in [5.74, 6) is 1.53. The molecule has 0 aliphatic carbocycles. The number of nitrogens with zero attached hydrogens (tertiary/aromatic N) is 3. The van der Waals surface area contributed by atoms with E-state index in [1.54, 1.807) is 24.3 Å². The first-order chi connectivity index (χ1) is 13.7. The number of benzene rings is 1. The van der Waals surface area contributed by atoms with Crippen LogP contribution in [0.5, 0.6) is 5.75 Å². The number of aromatic hydroxyl groups is 1. The second-order valence-corrected chi connectivity index (χ2v) is 6.76. The van der Waals surface area contributed by atoms with Gasteiger partial charge >= 0.3 is 0 Å². The molecular formula is C21H28N4O3. The summed E-state index contributed by atoms with van der Waals surface area (Å²) in [4.78, 5) is 21.2. The number of hydrogen-bond acceptors (Lipinski definition) is 4. The molecule has 150 valence electrons. The van der Waals surface area contributed by atoms with E-state index in [0.29, 0.717) is 24.6 Å². The number of piperazine rings is 1. The molecule has 0 spiro atoms. The standard InChI is InChI=1S/C21H28N4O3/c1-2-22-21(23-11-3-5-17-7-9-18(26)10-8-17)25-14-12-24(13-15-25)20(27)19-6-4-16-28-19/h4,6-10,16,26H,2-3,5,11-15H2,1H3,(H,22,23). The summed E-state index contributed by atoms with van der Waals surface area (Å²) in [6.07, 6.45) is 3.39. The van der Waals surface area contributed by atoms with Gasteiger partial charge in [0.2, 0.25) is 0 Å². The zero-order valence-corrected chi connectivity index (χ0v) is 16.3. The van der Waals surface area contributed by atoms with E-state index in [1.807, 2.05) is 17.0 Å². The van der Waals surface area contributed by atoms with Crippen molar-refractivity contribution < 1.29 is 14.3 Å². The van der Waals surface area contributed by atoms with Gasteiger partial charge < -0.3 is 24.6 Å². The van der Waals surface area contributed by atoms with Crippen molar-refractivity contribution in [3.8, 4) is 5.75 Å². The van der Waals surface area contributed by atoms with E-state index >= 15 is 0 Å². The lowest BCUT2D eigenvalue weighted by Gasteiger charge is -2.36. The van der Waals surface area contributed by atoms with Gasteiger partial charge in [-0.1, -0.05) is 12.1 Å². The average molecular weight is 384 g/mol. The summed E-state index contributed by atoms with van der Waals surface area (Å²) in [5, 5.41) is 12.7. The summed E-state index contributed by atoms with van der Waals surface area (Å²) in [7, 11) is 0. The van der Waals surface area contributed by atoms with Crippen LogP contribution in [0.4, 0.5) is 0 Å². The predicted octanol–water partition coefficient (Wildman–Crippen LogP) is 2.34. The van der Waals surface area contributed by atoms with Crippen molar-refractivity contribution in [1.82, 2.24) is 15.1 Å². The molecular weight excluding hydrogens is 356 g/mol. The molecule has 0 atom stereocenters. The summed E-state index contributed by atoms with van der Waals surface area (Å²) >= 11 is 0. The van der Waals surface area contributed by atoms with Crippen molar-refractivity contribution in [1.29, 1.82) is 0 Å². The lowest BCUT2D eigenvalue weighted by atomic mass is 10.1. The minimum absolute atomic E-state index is 0.0551. The molecule has 2 N–H and O–H groups in total. The topological polar surface area (TPSA) is 81.3 Å². The van der Waals surface area contributed by atoms with Gasteiger partial charge in [0, 0.05) is 39.3 Å². The fourth-order valence-electron chi connectivity index (χ4n) is 3.23. The monoisotopic (exact) mass is 384 g/mol. The first-order valence-electron chi connectivity index (χ1n) is 9.81. The molecule has 0 bridgehead atoms. The number of nitrogens with one attached hydrogen (secondary N) is 1. The Morgan fingerprint density at radius 3 is 2.50 bits per heavy atom. The van der Waals surface area contributed by atoms with Gasteiger partial charge in [-0.3, -0.25) is 9.79 Å². The van der Waals surface area contributed by atoms with Crippen LogP contribution in [0.25, 0.3) is 0 Å². The number of hydrogen-bond donors (Lipinski definition) is 2. The molecule has 2 heterocycles. The van der Waals surface area contributed by atoms with Gasteiger partial charge in [-0.25, -0.2) is 0 Å². The molecule has 0 radical (unpaired) electrons. The Morgan fingerprint density at radius 2 is 1.86 bits per heavy atom. The Hall–Kier alpha value is -2.96. The minimum Gasteiger partial charge on any atom is -0.508 e. The molecule has 7 nitrogen and oxygen atoms in total. The van der Waals surface area contributed by atoms with Gasteiger partial charge in [-0.2, -0.15) is 0 Å². The van der Waals surface area contributed by atoms with Crippen LogP contribution in [0.3, 0.4) is 0 Å². The Labute approximate surface area is 165 Å². The van der Waals surface area contributed by atoms with Crippen LogP contribution in [0, 0.1) is 0 Å². The van der Waals surface area contributed by atoms with Crippen LogP contribution >= 0.6 is 0 Å². The largest absolute Gasteiger partial charge is 0.508 e. The highest BCUT2D eigenvalue weighted by molar-refractivity contribution is 5.91. The number of aliphatic imine (C=N–C) groups is 1. The zero-order valence-electron chi connectivity index (χ0n) is 16.3. The number of aryl methyl sites for hydroxylation is 1. The fraction of sp³-hybridized carbons (Fsp3) is 0.429. The zero-order chi connectivity index (χ0) is 19.8. The molecule has 2 aromatic rings. The maximum atomic E-state index is 12.4. The third kappa shape index (κ3) is 5.28. The maximum Gasteiger partial charge on any atom is 0.289 e. The smallest absolute Gasteiger partial charge is 0.289 e. The second kappa shape index (κ2) is 9.82. The maximum absolute atomic E-state index is 12.4. The summed E-state index contributed by atoms with van der Waals surface area (Å²) in [5.41, 5.74) is 1.20. The molecule has 1 aromatic heterocycles. The van der Waals surface area contributed by atoms with Crippen LogP contribution in [-0.2, 0) is 6.42 Å². The van der Waals surface area contributed by atoms with Crippen molar-refractivity contribution in [2.24, 2.45) is 4.99 Å². The number of furan rings is 1. The van der Waals surface area contributed by atoms with Crippen molar-refractivity contribution in [3.63, 3.8) is 0 Å². The quantitative estimate of drug-likeness (QED) is 0.454. The predicted molar refractivity (Wildman–Crippen MR) is 109 cm³/mol. The number of guanidine groups is 1. The van der Waals surface area contributed by atoms with E-state index in [-0.39, 0.29) is 5.91 Å². The van der Waals surface area contributed by atoms with Crippen LogP contribution in [0.15, 0.2) is 52.1 Å². The highest BCUT2D eigenvalue weighted by Gasteiger charge is 2.25. The Kier molecular flexibility index (Phi) is 6.94. The van der Waals surface area contributed by atoms with Gasteiger partial charge in [-0.05, 0) is 49.6 Å². The van der Waals surface area contributed by atoms with Crippen LogP contribution in [0.1, 0.15) is 29.5 Å². The van der Waals surface area contributed by atoms with E-state index in [0.717, 1.165) is 45.0 Å². The van der Waals surface area contributed by atoms with E-state index in [2.05, 4.69) is 17.1 Å². The number of carbonyl (C=O) groups is 1. The number of phenolic OH excluding ortho intramolecular Hbond substituents is 1. The molecule has 1 saturated heterocycles. The summed E-state index contributed by atoms with van der Waals surface area (Å²) < 4.78 is 5.22. The molecule has 1 aliphatic rings. The third-order valence-corrected chi connectivity index (χ3v) is 4.75. The van der Waals surface area contributed by atoms with Crippen LogP contribution < -0.4 is 5.32 Å². The first kappa shape index (κ1) is 19.8. The summed E-state index contributed by atoms with van der Waals surface area (Å²) in [6, 6.07) is 10.8. The molecule has 1 aromatic carbocycles. The van der Waals surface area contributed by atoms with Crippen molar-refractivity contribution in [3.05, 3.63) is 54.0 Å². The Bertz CT molecular complexity index is 763. The molecule has 3 rings (SSSR count). The third-order valence-electron chi connectivity index (χ3n) is 4.75. The molecule has 28 heavy (non-hydrogen) atoms. The molecule has 0 saturated carbocycles. The molecule has 1 aliphatic heterocycles. The molecule has 0 unspecified atom stereocenters. The highest BCUT2D eigenvalue weighted by atomic mass is 16.3. The summed E-state index contributed by atoms with van der Waals surface area (Å²) in [6.45, 7) is 6.39. The van der Waals surface area contributed by atoms with Gasteiger partial charge in [0.25, 0.3) is 5.91 Å². The average Bonchev–Trinajstić information content (AvgIpc) is 3.26. The van der Waals surface area contributed by atoms with Crippen molar-refractivity contribution in [2.75, 3.05) is 39.3 Å². The first-order valence-corrected chi connectivity index (χ1v) is 9.81. The van der Waals surface area contributed by atoms with Gasteiger partial charge in [-0.15, -0.1) is 0 Å². The normalized spacial score (nSPS) is 15.0. The minimum atomic E-state index is -0.0551. The number of phenols is 1. The SMILES string of the molecule is CCNC(=NCCCc1ccc(O)cc1)N1CCN(C(=O)c2ccco2)CC1. The highest BCUT2D eigenvalue weighted by Crippen LogP contribution is 2.12. The second-order valence-electron chi connectivity index (χ2n) is 6.76. The molecule has 1 fully saturated rings. The van der Waals surface area contributed by atoms with Gasteiger partial charge in [0.1, 0.15) is 5.75 Å². The lowest BCUT2D eigenvalue weighted by Crippen LogP contribution is -2.53. The van der Waals surface area contributed by atoms with Crippen LogP contribution in [-0.4, -0.2) is 66.0 Å². The molecule has 7 heteroatoms. The van der Waals surface area contributed by atoms with Crippen molar-refractivity contribution >= 4 is 11.9 Å². The fourth-order valence-corrected chi connectivity index (χ4v) is 3.23. The number of carbonyl (C=O) groups excluding carboxylic acids is 1. The van der Waals surface area contributed by atoms with E-state index in [9.17, 15) is 9.90 Å². The number of amides is 1. The van der Waals surface area contributed by atoms with Gasteiger partial charge in [0.15, 0.2) is 11.7 Å². The Balaban J connectivity index is 1.49. The number of rotatable bonds is 6. The lowest BCUT2D eigenvalue weighted by molar-refractivity contribution is 0.0657. The van der Waals surface area contributed by atoms with E-state index in [1.165, 1.54) is 11.8 Å². The van der Waals surface area contributed by atoms with Crippen molar-refractivity contribution in [2.45, 2.75) is 19.8 Å². The molecule has 1 amide bonds.